The van der Waals surface area contributed by atoms with E-state index in [1.807, 2.05) is 13.8 Å². The minimum absolute atomic E-state index is 0.0620. The normalized spacial score (nSPS) is 16.0. The van der Waals surface area contributed by atoms with Crippen molar-refractivity contribution in [3.8, 4) is 0 Å². The lowest BCUT2D eigenvalue weighted by Gasteiger charge is -2.39. The zero-order chi connectivity index (χ0) is 16.5. The molecule has 1 saturated heterocycles. The summed E-state index contributed by atoms with van der Waals surface area (Å²) in [5, 5.41) is -0.298. The van der Waals surface area contributed by atoms with Crippen LogP contribution in [0.3, 0.4) is 0 Å². The number of amides is 1. The van der Waals surface area contributed by atoms with E-state index < -0.39 is 20.9 Å². The first-order valence-electron chi connectivity index (χ1n) is 7.13. The molecule has 7 heteroatoms. The topological polar surface area (TPSA) is 54.5 Å². The Kier molecular flexibility index (Phi) is 5.12. The quantitative estimate of drug-likeness (QED) is 0.821. The van der Waals surface area contributed by atoms with Crippen molar-refractivity contribution in [2.75, 3.05) is 18.8 Å². The molecule has 0 atom stereocenters. The van der Waals surface area contributed by atoms with Gasteiger partial charge in [0.2, 0.25) is 5.91 Å². The van der Waals surface area contributed by atoms with Gasteiger partial charge in [0.05, 0.1) is 17.4 Å². The number of hydrogen-bond donors (Lipinski definition) is 0. The van der Waals surface area contributed by atoms with Gasteiger partial charge in [-0.1, -0.05) is 31.5 Å². The van der Waals surface area contributed by atoms with Crippen molar-refractivity contribution in [2.45, 2.75) is 25.5 Å². The summed E-state index contributed by atoms with van der Waals surface area (Å²) in [7, 11) is -3.17. The van der Waals surface area contributed by atoms with Crippen LogP contribution in [0.5, 0.6) is 0 Å². The SMILES string of the molecule is CC(C)CS(=O)(=O)C1CN(C(=O)Cc2c(F)cccc2Cl)C1. The molecule has 1 aliphatic heterocycles. The van der Waals surface area contributed by atoms with Crippen LogP contribution >= 0.6 is 11.6 Å². The van der Waals surface area contributed by atoms with Crippen molar-refractivity contribution in [1.29, 1.82) is 0 Å². The molecule has 1 aromatic rings. The van der Waals surface area contributed by atoms with Crippen molar-refractivity contribution in [3.63, 3.8) is 0 Å². The summed E-state index contributed by atoms with van der Waals surface area (Å²) >= 11 is 5.89. The summed E-state index contributed by atoms with van der Waals surface area (Å²) in [4.78, 5) is 13.5. The molecule has 4 nitrogen and oxygen atoms in total. The summed E-state index contributed by atoms with van der Waals surface area (Å²) in [6.45, 7) is 4.05. The summed E-state index contributed by atoms with van der Waals surface area (Å²) < 4.78 is 37.7. The van der Waals surface area contributed by atoms with Gasteiger partial charge in [-0.2, -0.15) is 0 Å². The Balaban J connectivity index is 1.95. The van der Waals surface area contributed by atoms with Crippen molar-refractivity contribution in [3.05, 3.63) is 34.6 Å². The molecule has 0 radical (unpaired) electrons. The lowest BCUT2D eigenvalue weighted by molar-refractivity contribution is -0.133. The maximum atomic E-state index is 13.7. The monoisotopic (exact) mass is 347 g/mol. The maximum absolute atomic E-state index is 13.7. The Morgan fingerprint density at radius 3 is 2.59 bits per heavy atom. The second kappa shape index (κ2) is 6.54. The van der Waals surface area contributed by atoms with Crippen molar-refractivity contribution in [2.24, 2.45) is 5.92 Å². The largest absolute Gasteiger partial charge is 0.340 e. The number of carbonyl (C=O) groups is 1. The highest BCUT2D eigenvalue weighted by molar-refractivity contribution is 7.92. The summed E-state index contributed by atoms with van der Waals surface area (Å²) in [6.07, 6.45) is -0.150. The minimum atomic E-state index is -3.17. The number of sulfone groups is 1. The van der Waals surface area contributed by atoms with Gasteiger partial charge in [-0.3, -0.25) is 4.79 Å². The molecule has 0 spiro atoms. The number of benzene rings is 1. The van der Waals surface area contributed by atoms with Crippen LogP contribution in [0.2, 0.25) is 5.02 Å². The Morgan fingerprint density at radius 1 is 1.41 bits per heavy atom. The van der Waals surface area contributed by atoms with Crippen LogP contribution in [-0.4, -0.2) is 43.3 Å². The van der Waals surface area contributed by atoms with E-state index in [1.165, 1.54) is 23.1 Å². The van der Waals surface area contributed by atoms with Gasteiger partial charge in [-0.05, 0) is 18.1 Å². The maximum Gasteiger partial charge on any atom is 0.227 e. The Morgan fingerprint density at radius 2 is 2.05 bits per heavy atom. The highest BCUT2D eigenvalue weighted by Gasteiger charge is 2.39. The first kappa shape index (κ1) is 17.2. The molecule has 2 rings (SSSR count). The smallest absolute Gasteiger partial charge is 0.227 e. The predicted octanol–water partition coefficient (Wildman–Crippen LogP) is 2.30. The molecular formula is C15H19ClFNO3S. The Bertz CT molecular complexity index is 649. The molecular weight excluding hydrogens is 329 g/mol. The van der Waals surface area contributed by atoms with Gasteiger partial charge in [0.1, 0.15) is 5.82 Å². The average molecular weight is 348 g/mol. The third-order valence-electron chi connectivity index (χ3n) is 3.66. The lowest BCUT2D eigenvalue weighted by Crippen LogP contribution is -2.58. The molecule has 1 fully saturated rings. The van der Waals surface area contributed by atoms with Crippen LogP contribution in [0.25, 0.3) is 0 Å². The number of halogens is 2. The van der Waals surface area contributed by atoms with Crippen LogP contribution in [0.15, 0.2) is 18.2 Å². The number of rotatable bonds is 5. The number of carbonyl (C=O) groups excluding carboxylic acids is 1. The van der Waals surface area contributed by atoms with Crippen LogP contribution in [0, 0.1) is 11.7 Å². The van der Waals surface area contributed by atoms with E-state index in [1.54, 1.807) is 0 Å². The second-order valence-electron chi connectivity index (χ2n) is 6.02. The van der Waals surface area contributed by atoms with Crippen molar-refractivity contribution >= 4 is 27.3 Å². The summed E-state index contributed by atoms with van der Waals surface area (Å²) in [6, 6.07) is 4.25. The van der Waals surface area contributed by atoms with Crippen LogP contribution in [-0.2, 0) is 21.1 Å². The molecule has 0 unspecified atom stereocenters. The number of likely N-dealkylation sites (tertiary alicyclic amines) is 1. The molecule has 22 heavy (non-hydrogen) atoms. The van der Waals surface area contributed by atoms with Crippen LogP contribution < -0.4 is 0 Å². The van der Waals surface area contributed by atoms with Gasteiger partial charge in [-0.15, -0.1) is 0 Å². The Labute approximate surface area is 135 Å². The Hall–Kier alpha value is -1.14. The number of hydrogen-bond acceptors (Lipinski definition) is 3. The highest BCUT2D eigenvalue weighted by Crippen LogP contribution is 2.23. The summed E-state index contributed by atoms with van der Waals surface area (Å²) in [5.74, 6) is -0.640. The fraction of sp³-hybridized carbons (Fsp3) is 0.533. The fourth-order valence-electron chi connectivity index (χ4n) is 2.43. The molecule has 122 valence electrons. The van der Waals surface area contributed by atoms with Crippen LogP contribution in [0.1, 0.15) is 19.4 Å². The van der Waals surface area contributed by atoms with Gasteiger partial charge in [-0.25, -0.2) is 12.8 Å². The van der Waals surface area contributed by atoms with Gasteiger partial charge < -0.3 is 4.90 Å². The average Bonchev–Trinajstić information content (AvgIpc) is 2.29. The number of nitrogens with zero attached hydrogens (tertiary/aromatic N) is 1. The van der Waals surface area contributed by atoms with E-state index >= 15 is 0 Å². The standard InChI is InChI=1S/C15H19ClFNO3S/c1-10(2)9-22(20,21)11-7-18(8-11)15(19)6-12-13(16)4-3-5-14(12)17/h3-5,10-11H,6-9H2,1-2H3. The highest BCUT2D eigenvalue weighted by atomic mass is 35.5. The third kappa shape index (κ3) is 3.79. The second-order valence-corrected chi connectivity index (χ2v) is 8.75. The van der Waals surface area contributed by atoms with E-state index in [-0.39, 0.29) is 47.7 Å². The molecule has 1 amide bonds. The van der Waals surface area contributed by atoms with E-state index in [9.17, 15) is 17.6 Å². The van der Waals surface area contributed by atoms with Crippen LogP contribution in [0.4, 0.5) is 4.39 Å². The van der Waals surface area contributed by atoms with Gasteiger partial charge in [0.25, 0.3) is 0 Å². The molecule has 0 aliphatic carbocycles. The van der Waals surface area contributed by atoms with E-state index in [0.29, 0.717) is 0 Å². The molecule has 1 heterocycles. The zero-order valence-corrected chi connectivity index (χ0v) is 14.1. The summed E-state index contributed by atoms with van der Waals surface area (Å²) in [5.41, 5.74) is 0.155. The predicted molar refractivity (Wildman–Crippen MR) is 84.1 cm³/mol. The molecule has 1 aliphatic rings. The molecule has 0 bridgehead atoms. The molecule has 0 aromatic heterocycles. The lowest BCUT2D eigenvalue weighted by atomic mass is 10.1. The van der Waals surface area contributed by atoms with Gasteiger partial charge >= 0.3 is 0 Å². The molecule has 0 saturated carbocycles. The van der Waals surface area contributed by atoms with E-state index in [0.717, 1.165) is 0 Å². The third-order valence-corrected chi connectivity index (χ3v) is 6.46. The first-order valence-corrected chi connectivity index (χ1v) is 9.22. The van der Waals surface area contributed by atoms with Crippen molar-refractivity contribution in [1.82, 2.24) is 4.90 Å². The van der Waals surface area contributed by atoms with E-state index in [2.05, 4.69) is 0 Å². The zero-order valence-electron chi connectivity index (χ0n) is 12.6. The molecule has 0 N–H and O–H groups in total. The van der Waals surface area contributed by atoms with Crippen molar-refractivity contribution < 1.29 is 17.6 Å². The fourth-order valence-corrected chi connectivity index (χ4v) is 4.68. The first-order chi connectivity index (χ1) is 10.2. The molecule has 1 aromatic carbocycles. The van der Waals surface area contributed by atoms with Gasteiger partial charge in [0, 0.05) is 23.7 Å². The minimum Gasteiger partial charge on any atom is -0.340 e. The van der Waals surface area contributed by atoms with Gasteiger partial charge in [0.15, 0.2) is 9.84 Å². The van der Waals surface area contributed by atoms with E-state index in [4.69, 9.17) is 11.6 Å².